The molecule has 0 radical (unpaired) electrons. The summed E-state index contributed by atoms with van der Waals surface area (Å²) in [6, 6.07) is 4.82. The Morgan fingerprint density at radius 1 is 1.36 bits per heavy atom. The third-order valence-electron chi connectivity index (χ3n) is 6.81. The highest BCUT2D eigenvalue weighted by molar-refractivity contribution is 5.80. The second kappa shape index (κ2) is 4.35. The van der Waals surface area contributed by atoms with Crippen molar-refractivity contribution in [3.63, 3.8) is 0 Å². The van der Waals surface area contributed by atoms with Crippen molar-refractivity contribution in [1.82, 2.24) is 10.2 Å². The minimum absolute atomic E-state index is 0.271. The van der Waals surface area contributed by atoms with Crippen LogP contribution in [0.15, 0.2) is 18.3 Å². The Bertz CT molecular complexity index is 730. The molecular formula is C19H24N2O. The van der Waals surface area contributed by atoms with E-state index >= 15 is 0 Å². The van der Waals surface area contributed by atoms with Gasteiger partial charge in [-0.25, -0.2) is 0 Å². The molecular weight excluding hydrogens is 272 g/mol. The zero-order valence-electron chi connectivity index (χ0n) is 13.3. The quantitative estimate of drug-likeness (QED) is 0.804. The van der Waals surface area contributed by atoms with Crippen LogP contribution in [0.25, 0.3) is 10.9 Å². The first kappa shape index (κ1) is 13.1. The molecule has 2 aliphatic carbocycles. The molecule has 2 fully saturated rings. The van der Waals surface area contributed by atoms with Crippen molar-refractivity contribution in [1.29, 1.82) is 0 Å². The Morgan fingerprint density at radius 3 is 3.09 bits per heavy atom. The number of hydrogen-bond donors (Lipinski definition) is 1. The summed E-state index contributed by atoms with van der Waals surface area (Å²) >= 11 is 0. The van der Waals surface area contributed by atoms with Gasteiger partial charge in [0.05, 0.1) is 23.9 Å². The van der Waals surface area contributed by atoms with Crippen LogP contribution in [-0.2, 0) is 16.6 Å². The summed E-state index contributed by atoms with van der Waals surface area (Å²) in [6.07, 6.45) is 11.0. The zero-order valence-corrected chi connectivity index (χ0v) is 13.3. The van der Waals surface area contributed by atoms with Gasteiger partial charge < -0.3 is 4.74 Å². The lowest BCUT2D eigenvalue weighted by Crippen LogP contribution is -2.42. The SMILES string of the molecule is CC[C@@]12CC[C@]3(CO3)C[C@@H]1CCCc1cc3[nH]ncc3cc12. The van der Waals surface area contributed by atoms with Crippen molar-refractivity contribution in [2.75, 3.05) is 6.61 Å². The molecule has 3 atom stereocenters. The first-order chi connectivity index (χ1) is 10.7. The van der Waals surface area contributed by atoms with Crippen LogP contribution in [0.1, 0.15) is 56.6 Å². The van der Waals surface area contributed by atoms with Crippen molar-refractivity contribution in [3.8, 4) is 0 Å². The van der Waals surface area contributed by atoms with Gasteiger partial charge in [0.25, 0.3) is 0 Å². The Labute approximate surface area is 131 Å². The number of nitrogens with one attached hydrogen (secondary N) is 1. The number of aryl methyl sites for hydroxylation is 1. The number of benzene rings is 1. The molecule has 0 amide bonds. The van der Waals surface area contributed by atoms with Crippen LogP contribution in [-0.4, -0.2) is 22.4 Å². The number of aromatic nitrogens is 2. The molecule has 22 heavy (non-hydrogen) atoms. The summed E-state index contributed by atoms with van der Waals surface area (Å²) in [4.78, 5) is 0. The number of fused-ring (bicyclic) bond motifs is 4. The average molecular weight is 296 g/mol. The maximum absolute atomic E-state index is 5.85. The molecule has 1 aromatic carbocycles. The highest BCUT2D eigenvalue weighted by Crippen LogP contribution is 2.57. The molecule has 3 nitrogen and oxygen atoms in total. The third-order valence-corrected chi connectivity index (χ3v) is 6.81. The van der Waals surface area contributed by atoms with E-state index in [1.807, 2.05) is 6.20 Å². The topological polar surface area (TPSA) is 41.2 Å². The van der Waals surface area contributed by atoms with Crippen LogP contribution in [0.2, 0.25) is 0 Å². The van der Waals surface area contributed by atoms with Gasteiger partial charge in [0, 0.05) is 5.39 Å². The molecule has 1 aromatic heterocycles. The van der Waals surface area contributed by atoms with Gasteiger partial charge in [0.2, 0.25) is 0 Å². The van der Waals surface area contributed by atoms with Gasteiger partial charge in [-0.15, -0.1) is 0 Å². The van der Waals surface area contributed by atoms with Crippen LogP contribution in [0, 0.1) is 5.92 Å². The second-order valence-corrected chi connectivity index (χ2v) is 7.74. The number of hydrogen-bond acceptors (Lipinski definition) is 2. The zero-order chi connectivity index (χ0) is 14.8. The van der Waals surface area contributed by atoms with E-state index in [4.69, 9.17) is 4.74 Å². The van der Waals surface area contributed by atoms with Gasteiger partial charge in [0.15, 0.2) is 0 Å². The monoisotopic (exact) mass is 296 g/mol. The first-order valence-electron chi connectivity index (χ1n) is 8.85. The van der Waals surface area contributed by atoms with E-state index in [9.17, 15) is 0 Å². The van der Waals surface area contributed by atoms with E-state index in [0.717, 1.165) is 12.5 Å². The predicted octanol–water partition coefficient (Wildman–Crippen LogP) is 4.12. The number of aromatic amines is 1. The molecule has 0 bridgehead atoms. The lowest BCUT2D eigenvalue weighted by Gasteiger charge is -2.46. The van der Waals surface area contributed by atoms with Gasteiger partial charge in [-0.2, -0.15) is 5.10 Å². The third kappa shape index (κ3) is 1.69. The van der Waals surface area contributed by atoms with Crippen molar-refractivity contribution < 1.29 is 4.74 Å². The summed E-state index contributed by atoms with van der Waals surface area (Å²) < 4.78 is 5.85. The lowest BCUT2D eigenvalue weighted by atomic mass is 9.58. The fourth-order valence-electron chi connectivity index (χ4n) is 5.40. The molecule has 1 aliphatic heterocycles. The molecule has 116 valence electrons. The number of rotatable bonds is 1. The Hall–Kier alpha value is -1.35. The highest BCUT2D eigenvalue weighted by Gasteiger charge is 2.56. The number of epoxide rings is 1. The number of nitrogens with zero attached hydrogens (tertiary/aromatic N) is 1. The van der Waals surface area contributed by atoms with Crippen molar-refractivity contribution in [2.45, 2.75) is 62.9 Å². The Kier molecular flexibility index (Phi) is 2.59. The summed E-state index contributed by atoms with van der Waals surface area (Å²) in [5.74, 6) is 0.791. The maximum atomic E-state index is 5.85. The molecule has 1 N–H and O–H groups in total. The van der Waals surface area contributed by atoms with Crippen LogP contribution in [0.5, 0.6) is 0 Å². The van der Waals surface area contributed by atoms with E-state index in [0.29, 0.717) is 5.41 Å². The summed E-state index contributed by atoms with van der Waals surface area (Å²) in [5, 5.41) is 8.66. The molecule has 2 aromatic rings. The Morgan fingerprint density at radius 2 is 2.27 bits per heavy atom. The van der Waals surface area contributed by atoms with Gasteiger partial charge in [0.1, 0.15) is 0 Å². The van der Waals surface area contributed by atoms with Crippen molar-refractivity contribution in [3.05, 3.63) is 29.5 Å². The van der Waals surface area contributed by atoms with Gasteiger partial charge in [-0.3, -0.25) is 5.10 Å². The van der Waals surface area contributed by atoms with Gasteiger partial charge >= 0.3 is 0 Å². The van der Waals surface area contributed by atoms with E-state index in [2.05, 4.69) is 29.3 Å². The molecule has 1 spiro atoms. The van der Waals surface area contributed by atoms with E-state index in [1.54, 1.807) is 11.1 Å². The van der Waals surface area contributed by atoms with Gasteiger partial charge in [-0.05, 0) is 79.5 Å². The molecule has 3 aliphatic rings. The molecule has 1 saturated heterocycles. The molecule has 2 heterocycles. The molecule has 1 saturated carbocycles. The van der Waals surface area contributed by atoms with Crippen LogP contribution >= 0.6 is 0 Å². The van der Waals surface area contributed by atoms with E-state index in [1.165, 1.54) is 55.8 Å². The van der Waals surface area contributed by atoms with E-state index < -0.39 is 0 Å². The van der Waals surface area contributed by atoms with Crippen LogP contribution < -0.4 is 0 Å². The largest absolute Gasteiger partial charge is 0.370 e. The average Bonchev–Trinajstić information content (AvgIpc) is 3.16. The maximum Gasteiger partial charge on any atom is 0.0919 e. The fourth-order valence-corrected chi connectivity index (χ4v) is 5.40. The van der Waals surface area contributed by atoms with Crippen LogP contribution in [0.4, 0.5) is 0 Å². The van der Waals surface area contributed by atoms with E-state index in [-0.39, 0.29) is 5.60 Å². The standard InChI is InChI=1S/C19H24N2O/c1-2-19-7-6-18(12-22-18)10-15(19)5-3-4-13-9-17-14(8-16(13)19)11-20-21-17/h8-9,11,15H,2-7,10,12H2,1H3,(H,20,21)/t15-,18+,19+/m0/s1. The minimum Gasteiger partial charge on any atom is -0.370 e. The number of H-pyrrole nitrogens is 1. The summed E-state index contributed by atoms with van der Waals surface area (Å²) in [5.41, 5.74) is 5.03. The summed E-state index contributed by atoms with van der Waals surface area (Å²) in [6.45, 7) is 3.41. The smallest absolute Gasteiger partial charge is 0.0919 e. The molecule has 0 unspecified atom stereocenters. The lowest BCUT2D eigenvalue weighted by molar-refractivity contribution is 0.0970. The van der Waals surface area contributed by atoms with Gasteiger partial charge in [-0.1, -0.05) is 6.92 Å². The normalized spacial score (nSPS) is 36.9. The predicted molar refractivity (Wildman–Crippen MR) is 87.0 cm³/mol. The second-order valence-electron chi connectivity index (χ2n) is 7.74. The van der Waals surface area contributed by atoms with Crippen molar-refractivity contribution in [2.24, 2.45) is 5.92 Å². The van der Waals surface area contributed by atoms with Crippen molar-refractivity contribution >= 4 is 10.9 Å². The molecule has 5 rings (SSSR count). The Balaban J connectivity index is 1.68. The molecule has 3 heteroatoms. The minimum atomic E-state index is 0.271. The summed E-state index contributed by atoms with van der Waals surface area (Å²) in [7, 11) is 0. The first-order valence-corrected chi connectivity index (χ1v) is 8.85. The highest BCUT2D eigenvalue weighted by atomic mass is 16.6. The fraction of sp³-hybridized carbons (Fsp3) is 0.632. The van der Waals surface area contributed by atoms with Crippen LogP contribution in [0.3, 0.4) is 0 Å². The number of ether oxygens (including phenoxy) is 1.